The zero-order valence-corrected chi connectivity index (χ0v) is 19.6. The molecule has 1 N–H and O–H groups in total. The van der Waals surface area contributed by atoms with E-state index in [-0.39, 0.29) is 12.1 Å². The van der Waals surface area contributed by atoms with Gasteiger partial charge in [-0.05, 0) is 84.0 Å². The van der Waals surface area contributed by atoms with Gasteiger partial charge in [-0.3, -0.25) is 4.98 Å². The number of nitrogens with zero attached hydrogens (tertiary/aromatic N) is 3. The van der Waals surface area contributed by atoms with Crippen LogP contribution < -0.4 is 10.2 Å². The predicted molar refractivity (Wildman–Crippen MR) is 142 cm³/mol. The molecule has 1 aliphatic heterocycles. The van der Waals surface area contributed by atoms with E-state index in [2.05, 4.69) is 118 Å². The zero-order valence-electron chi connectivity index (χ0n) is 18.8. The van der Waals surface area contributed by atoms with E-state index in [1.54, 1.807) is 0 Å². The summed E-state index contributed by atoms with van der Waals surface area (Å²) in [5.74, 6) is 0. The zero-order chi connectivity index (χ0) is 23.1. The highest BCUT2D eigenvalue weighted by Crippen LogP contribution is 2.42. The van der Waals surface area contributed by atoms with Crippen molar-refractivity contribution in [2.45, 2.75) is 19.0 Å². The number of pyridine rings is 1. The fraction of sp³-hybridized carbons (Fsp3) is 0.103. The Labute approximate surface area is 204 Å². The second-order valence-corrected chi connectivity index (χ2v) is 9.06. The molecular formula is C29H24N4S. The first-order valence-electron chi connectivity index (χ1n) is 11.4. The van der Waals surface area contributed by atoms with Crippen LogP contribution in [0.4, 0.5) is 5.69 Å². The molecule has 3 heterocycles. The molecule has 4 nitrogen and oxygen atoms in total. The minimum atomic E-state index is -0.0803. The van der Waals surface area contributed by atoms with Crippen molar-refractivity contribution in [2.24, 2.45) is 0 Å². The van der Waals surface area contributed by atoms with Gasteiger partial charge in [0.1, 0.15) is 6.04 Å². The van der Waals surface area contributed by atoms with E-state index in [0.29, 0.717) is 5.11 Å². The minimum Gasteiger partial charge on any atom is -0.351 e. The van der Waals surface area contributed by atoms with Crippen LogP contribution in [0.1, 0.15) is 29.0 Å². The normalized spacial score (nSPS) is 17.8. The molecule has 6 rings (SSSR count). The molecule has 5 heteroatoms. The molecule has 1 fully saturated rings. The third-order valence-corrected chi connectivity index (χ3v) is 6.79. The fourth-order valence-electron chi connectivity index (χ4n) is 4.91. The van der Waals surface area contributed by atoms with Crippen molar-refractivity contribution in [3.05, 3.63) is 126 Å². The molecule has 166 valence electrons. The molecule has 34 heavy (non-hydrogen) atoms. The molecule has 0 radical (unpaired) electrons. The van der Waals surface area contributed by atoms with Crippen molar-refractivity contribution in [1.82, 2.24) is 14.9 Å². The number of aryl methyl sites for hydroxylation is 1. The first kappa shape index (κ1) is 20.6. The molecule has 1 aliphatic rings. The van der Waals surface area contributed by atoms with Gasteiger partial charge in [-0.25, -0.2) is 0 Å². The van der Waals surface area contributed by atoms with Crippen molar-refractivity contribution in [2.75, 3.05) is 4.90 Å². The topological polar surface area (TPSA) is 33.1 Å². The van der Waals surface area contributed by atoms with E-state index in [1.807, 2.05) is 18.3 Å². The van der Waals surface area contributed by atoms with Crippen LogP contribution in [0, 0.1) is 6.92 Å². The molecule has 5 aromatic rings. The van der Waals surface area contributed by atoms with Gasteiger partial charge < -0.3 is 14.8 Å². The molecule has 1 saturated heterocycles. The average molecular weight is 461 g/mol. The third kappa shape index (κ3) is 3.55. The highest BCUT2D eigenvalue weighted by atomic mass is 32.1. The SMILES string of the molecule is Cc1cccc(N2C(=S)N[C@@H](c3ccccn3)[C@H]2c2cccn2-c2ccc3ccccc3c2)c1. The molecule has 2 aromatic heterocycles. The van der Waals surface area contributed by atoms with Crippen LogP contribution in [-0.2, 0) is 0 Å². The van der Waals surface area contributed by atoms with E-state index >= 15 is 0 Å². The Morgan fingerprint density at radius 2 is 1.65 bits per heavy atom. The number of hydrogen-bond donors (Lipinski definition) is 1. The Balaban J connectivity index is 1.52. The fourth-order valence-corrected chi connectivity index (χ4v) is 5.25. The number of rotatable bonds is 4. The number of fused-ring (bicyclic) bond motifs is 1. The lowest BCUT2D eigenvalue weighted by Gasteiger charge is -2.29. The lowest BCUT2D eigenvalue weighted by Crippen LogP contribution is -2.30. The molecule has 2 atom stereocenters. The van der Waals surface area contributed by atoms with Crippen LogP contribution in [0.2, 0.25) is 0 Å². The Morgan fingerprint density at radius 3 is 2.47 bits per heavy atom. The summed E-state index contributed by atoms with van der Waals surface area (Å²) < 4.78 is 2.27. The first-order chi connectivity index (χ1) is 16.7. The quantitative estimate of drug-likeness (QED) is 0.310. The highest BCUT2D eigenvalue weighted by Gasteiger charge is 2.42. The second-order valence-electron chi connectivity index (χ2n) is 8.67. The van der Waals surface area contributed by atoms with Crippen LogP contribution in [0.25, 0.3) is 16.5 Å². The van der Waals surface area contributed by atoms with E-state index in [4.69, 9.17) is 12.2 Å². The highest BCUT2D eigenvalue weighted by molar-refractivity contribution is 7.80. The number of anilines is 1. The molecule has 0 bridgehead atoms. The molecule has 3 aromatic carbocycles. The van der Waals surface area contributed by atoms with Gasteiger partial charge in [0.05, 0.1) is 11.7 Å². The minimum absolute atomic E-state index is 0.0642. The molecular weight excluding hydrogens is 436 g/mol. The van der Waals surface area contributed by atoms with Crippen LogP contribution in [0.5, 0.6) is 0 Å². The Bertz CT molecular complexity index is 1490. The van der Waals surface area contributed by atoms with Gasteiger partial charge in [0.2, 0.25) is 0 Å². The van der Waals surface area contributed by atoms with Gasteiger partial charge in [0, 0.05) is 29.5 Å². The van der Waals surface area contributed by atoms with Gasteiger partial charge in [0.15, 0.2) is 5.11 Å². The summed E-state index contributed by atoms with van der Waals surface area (Å²) in [6.45, 7) is 2.11. The summed E-state index contributed by atoms with van der Waals surface area (Å²) in [4.78, 5) is 6.92. The van der Waals surface area contributed by atoms with Gasteiger partial charge in [0.25, 0.3) is 0 Å². The van der Waals surface area contributed by atoms with E-state index in [1.165, 1.54) is 16.3 Å². The number of thiocarbonyl (C=S) groups is 1. The van der Waals surface area contributed by atoms with Crippen molar-refractivity contribution >= 4 is 33.8 Å². The molecule has 0 amide bonds. The number of aromatic nitrogens is 2. The molecule has 0 unspecified atom stereocenters. The average Bonchev–Trinajstić information content (AvgIpc) is 3.48. The monoisotopic (exact) mass is 460 g/mol. The standard InChI is InChI=1S/C29H24N4S/c1-20-8-6-11-24(18-20)33-28(27(31-29(33)34)25-12-4-5-16-30-25)26-13-7-17-32(26)23-15-14-21-9-2-3-10-22(21)19-23/h2-19,27-28H,1H3,(H,31,34)/t27-,28+/m0/s1. The summed E-state index contributed by atoms with van der Waals surface area (Å²) in [7, 11) is 0. The van der Waals surface area contributed by atoms with Gasteiger partial charge in [-0.2, -0.15) is 0 Å². The summed E-state index contributed by atoms with van der Waals surface area (Å²) in [5, 5.41) is 6.72. The maximum absolute atomic E-state index is 5.89. The maximum Gasteiger partial charge on any atom is 0.174 e. The van der Waals surface area contributed by atoms with Crippen molar-refractivity contribution < 1.29 is 0 Å². The Morgan fingerprint density at radius 1 is 0.794 bits per heavy atom. The van der Waals surface area contributed by atoms with Gasteiger partial charge in [-0.1, -0.05) is 48.5 Å². The molecule has 0 aliphatic carbocycles. The summed E-state index contributed by atoms with van der Waals surface area (Å²) in [6.07, 6.45) is 3.97. The smallest absolute Gasteiger partial charge is 0.174 e. The second kappa shape index (κ2) is 8.43. The van der Waals surface area contributed by atoms with Crippen molar-refractivity contribution in [3.63, 3.8) is 0 Å². The first-order valence-corrected chi connectivity index (χ1v) is 11.8. The third-order valence-electron chi connectivity index (χ3n) is 6.47. The maximum atomic E-state index is 5.89. The summed E-state index contributed by atoms with van der Waals surface area (Å²) >= 11 is 5.89. The molecule has 0 saturated carbocycles. The van der Waals surface area contributed by atoms with Crippen molar-refractivity contribution in [1.29, 1.82) is 0 Å². The van der Waals surface area contributed by atoms with Crippen LogP contribution in [0.3, 0.4) is 0 Å². The molecule has 0 spiro atoms. The van der Waals surface area contributed by atoms with Gasteiger partial charge >= 0.3 is 0 Å². The van der Waals surface area contributed by atoms with Crippen molar-refractivity contribution in [3.8, 4) is 5.69 Å². The summed E-state index contributed by atoms with van der Waals surface area (Å²) in [6, 6.07) is 33.8. The van der Waals surface area contributed by atoms with E-state index < -0.39 is 0 Å². The number of hydrogen-bond acceptors (Lipinski definition) is 2. The van der Waals surface area contributed by atoms with Crippen LogP contribution >= 0.6 is 12.2 Å². The van der Waals surface area contributed by atoms with Gasteiger partial charge in [-0.15, -0.1) is 0 Å². The lowest BCUT2D eigenvalue weighted by molar-refractivity contribution is 0.549. The number of nitrogens with one attached hydrogen (secondary N) is 1. The van der Waals surface area contributed by atoms with Crippen LogP contribution in [0.15, 0.2) is 109 Å². The Kier molecular flexibility index (Phi) is 5.12. The van der Waals surface area contributed by atoms with E-state index in [9.17, 15) is 0 Å². The Hall–Kier alpha value is -3.96. The number of benzene rings is 3. The van der Waals surface area contributed by atoms with Crippen LogP contribution in [-0.4, -0.2) is 14.7 Å². The largest absolute Gasteiger partial charge is 0.351 e. The predicted octanol–water partition coefficient (Wildman–Crippen LogP) is 6.51. The lowest BCUT2D eigenvalue weighted by atomic mass is 10.0. The summed E-state index contributed by atoms with van der Waals surface area (Å²) in [5.41, 5.74) is 5.52. The van der Waals surface area contributed by atoms with E-state index in [0.717, 1.165) is 22.8 Å².